The molecule has 2 aromatic carbocycles. The molecule has 4 rings (SSSR count). The Balaban J connectivity index is 1.81. The minimum absolute atomic E-state index is 0.00188. The summed E-state index contributed by atoms with van der Waals surface area (Å²) < 4.78 is 36.3. The Kier molecular flexibility index (Phi) is 5.35. The summed E-state index contributed by atoms with van der Waals surface area (Å²) >= 11 is 0. The number of fused-ring (bicyclic) bond motifs is 1. The van der Waals surface area contributed by atoms with Gasteiger partial charge >= 0.3 is 0 Å². The van der Waals surface area contributed by atoms with E-state index >= 15 is 4.39 Å². The summed E-state index contributed by atoms with van der Waals surface area (Å²) in [4.78, 5) is 13.8. The van der Waals surface area contributed by atoms with Crippen molar-refractivity contribution in [3.8, 4) is 0 Å². The normalized spacial score (nSPS) is 26.8. The number of halogens is 2. The molecule has 2 aromatic rings. The van der Waals surface area contributed by atoms with Gasteiger partial charge in [0.25, 0.3) is 8.32 Å². The first-order chi connectivity index (χ1) is 14.2. The van der Waals surface area contributed by atoms with Gasteiger partial charge in [-0.25, -0.2) is 8.78 Å². The van der Waals surface area contributed by atoms with E-state index in [1.165, 1.54) is 4.90 Å². The van der Waals surface area contributed by atoms with Gasteiger partial charge in [0.2, 0.25) is 5.91 Å². The molecule has 0 radical (unpaired) electrons. The van der Waals surface area contributed by atoms with Gasteiger partial charge in [-0.2, -0.15) is 0 Å². The lowest BCUT2D eigenvalue weighted by atomic mass is 9.93. The van der Waals surface area contributed by atoms with Crippen molar-refractivity contribution in [3.63, 3.8) is 0 Å². The highest BCUT2D eigenvalue weighted by atomic mass is 28.4. The number of rotatable bonds is 5. The lowest BCUT2D eigenvalue weighted by molar-refractivity contribution is -0.130. The van der Waals surface area contributed by atoms with Crippen LogP contribution in [0.4, 0.5) is 8.78 Å². The fourth-order valence-corrected chi connectivity index (χ4v) is 9.88. The third-order valence-corrected chi connectivity index (χ3v) is 11.7. The zero-order valence-corrected chi connectivity index (χ0v) is 18.8. The van der Waals surface area contributed by atoms with Crippen LogP contribution in [0.2, 0.25) is 5.04 Å². The summed E-state index contributed by atoms with van der Waals surface area (Å²) in [5.74, 6) is -0.311. The molecule has 2 aliphatic heterocycles. The molecule has 3 nitrogen and oxygen atoms in total. The van der Waals surface area contributed by atoms with Crippen molar-refractivity contribution in [3.05, 3.63) is 60.7 Å². The molecule has 1 unspecified atom stereocenters. The molecule has 0 N–H and O–H groups in total. The highest BCUT2D eigenvalue weighted by molar-refractivity contribution is 6.99. The minimum Gasteiger partial charge on any atom is -0.405 e. The molecule has 160 valence electrons. The number of hydrogen-bond acceptors (Lipinski definition) is 2. The van der Waals surface area contributed by atoms with Gasteiger partial charge in [-0.1, -0.05) is 81.4 Å². The van der Waals surface area contributed by atoms with Crippen molar-refractivity contribution in [2.24, 2.45) is 0 Å². The molecule has 0 aromatic heterocycles. The highest BCUT2D eigenvalue weighted by Crippen LogP contribution is 2.45. The topological polar surface area (TPSA) is 29.5 Å². The molecule has 6 heteroatoms. The van der Waals surface area contributed by atoms with E-state index < -0.39 is 26.2 Å². The SMILES string of the molecule is CC(C)(C)[Si](OC[C@]12C[C@@H](F)CN1C(=O)CC2F)(c1ccccc1)c1ccccc1. The van der Waals surface area contributed by atoms with E-state index in [-0.39, 0.29) is 36.9 Å². The Hall–Kier alpha value is -2.05. The molecule has 0 saturated carbocycles. The summed E-state index contributed by atoms with van der Waals surface area (Å²) in [6.45, 7) is 6.41. The summed E-state index contributed by atoms with van der Waals surface area (Å²) in [6.07, 6.45) is -2.81. The van der Waals surface area contributed by atoms with Crippen molar-refractivity contribution < 1.29 is 18.0 Å². The number of hydrogen-bond donors (Lipinski definition) is 0. The van der Waals surface area contributed by atoms with Crippen molar-refractivity contribution in [2.45, 2.75) is 56.5 Å². The molecule has 1 amide bonds. The van der Waals surface area contributed by atoms with Gasteiger partial charge < -0.3 is 9.33 Å². The van der Waals surface area contributed by atoms with E-state index in [1.54, 1.807) is 0 Å². The molecule has 3 atom stereocenters. The maximum atomic E-state index is 15.1. The van der Waals surface area contributed by atoms with Gasteiger partial charge in [-0.3, -0.25) is 4.79 Å². The van der Waals surface area contributed by atoms with Crippen molar-refractivity contribution >= 4 is 24.6 Å². The van der Waals surface area contributed by atoms with Gasteiger partial charge in [-0.15, -0.1) is 0 Å². The summed E-state index contributed by atoms with van der Waals surface area (Å²) in [5.41, 5.74) is -1.20. The lowest BCUT2D eigenvalue weighted by Crippen LogP contribution is -2.68. The van der Waals surface area contributed by atoms with Crippen LogP contribution in [-0.2, 0) is 9.22 Å². The van der Waals surface area contributed by atoms with E-state index in [2.05, 4.69) is 45.0 Å². The number of alkyl halides is 2. The molecule has 30 heavy (non-hydrogen) atoms. The van der Waals surface area contributed by atoms with E-state index in [0.29, 0.717) is 0 Å². The number of amides is 1. The zero-order valence-electron chi connectivity index (χ0n) is 17.8. The predicted molar refractivity (Wildman–Crippen MR) is 117 cm³/mol. The molecular formula is C24H29F2NO2Si. The Morgan fingerprint density at radius 3 is 2.07 bits per heavy atom. The van der Waals surface area contributed by atoms with Crippen LogP contribution >= 0.6 is 0 Å². The number of carbonyl (C=O) groups excluding carboxylic acids is 1. The maximum absolute atomic E-state index is 15.1. The fourth-order valence-electron chi connectivity index (χ4n) is 5.26. The largest absolute Gasteiger partial charge is 0.405 e. The Morgan fingerprint density at radius 1 is 1.03 bits per heavy atom. The van der Waals surface area contributed by atoms with Gasteiger partial charge in [0.05, 0.1) is 25.1 Å². The molecule has 2 aliphatic rings. The predicted octanol–water partition coefficient (Wildman–Crippen LogP) is 3.61. The second-order valence-electron chi connectivity index (χ2n) is 9.53. The lowest BCUT2D eigenvalue weighted by Gasteiger charge is -2.45. The second-order valence-corrected chi connectivity index (χ2v) is 13.8. The van der Waals surface area contributed by atoms with Crippen LogP contribution < -0.4 is 10.4 Å². The first-order valence-corrected chi connectivity index (χ1v) is 12.5. The third-order valence-electron chi connectivity index (χ3n) is 6.69. The molecular weight excluding hydrogens is 400 g/mol. The van der Waals surface area contributed by atoms with Crippen LogP contribution in [0.25, 0.3) is 0 Å². The summed E-state index contributed by atoms with van der Waals surface area (Å²) in [6, 6.07) is 20.2. The van der Waals surface area contributed by atoms with Gasteiger partial charge in [0, 0.05) is 6.42 Å². The Labute approximate surface area is 178 Å². The van der Waals surface area contributed by atoms with Crippen molar-refractivity contribution in [1.82, 2.24) is 4.90 Å². The standard InChI is InChI=1S/C24H29F2NO2Si/c1-23(2,3)30(19-10-6-4-7-11-19,20-12-8-5-9-13-20)29-17-24-15-18(25)16-27(24)22(28)14-21(24)26/h4-13,18,21H,14-17H2,1-3H3/t18-,21?,24+/m1/s1. The fraction of sp³-hybridized carbons (Fsp3) is 0.458. The van der Waals surface area contributed by atoms with Crippen molar-refractivity contribution in [2.75, 3.05) is 13.2 Å². The van der Waals surface area contributed by atoms with Crippen LogP contribution in [0.5, 0.6) is 0 Å². The van der Waals surface area contributed by atoms with E-state index in [0.717, 1.165) is 10.4 Å². The van der Waals surface area contributed by atoms with Gasteiger partial charge in [-0.05, 0) is 15.4 Å². The number of carbonyl (C=O) groups is 1. The average molecular weight is 430 g/mol. The molecule has 0 bridgehead atoms. The number of benzene rings is 2. The second kappa shape index (κ2) is 7.57. The summed E-state index contributed by atoms with van der Waals surface area (Å²) in [5, 5.41) is 1.90. The first-order valence-electron chi connectivity index (χ1n) is 10.5. The minimum atomic E-state index is -2.88. The molecule has 2 fully saturated rings. The van der Waals surface area contributed by atoms with Crippen LogP contribution in [-0.4, -0.2) is 50.2 Å². The molecule has 0 aliphatic carbocycles. The first kappa shape index (κ1) is 21.2. The molecule has 2 heterocycles. The van der Waals surface area contributed by atoms with Crippen LogP contribution in [0.3, 0.4) is 0 Å². The maximum Gasteiger partial charge on any atom is 0.261 e. The zero-order chi connectivity index (χ0) is 21.6. The van der Waals surface area contributed by atoms with Crippen LogP contribution in [0.1, 0.15) is 33.6 Å². The Bertz CT molecular complexity index is 863. The van der Waals surface area contributed by atoms with Gasteiger partial charge in [0.15, 0.2) is 0 Å². The quantitative estimate of drug-likeness (QED) is 0.680. The van der Waals surface area contributed by atoms with Crippen LogP contribution in [0.15, 0.2) is 60.7 Å². The monoisotopic (exact) mass is 429 g/mol. The van der Waals surface area contributed by atoms with Crippen molar-refractivity contribution in [1.29, 1.82) is 0 Å². The van der Waals surface area contributed by atoms with Gasteiger partial charge in [0.1, 0.15) is 12.3 Å². The highest BCUT2D eigenvalue weighted by Gasteiger charge is 2.61. The number of nitrogens with zero attached hydrogens (tertiary/aromatic N) is 1. The molecule has 0 spiro atoms. The Morgan fingerprint density at radius 2 is 1.57 bits per heavy atom. The summed E-state index contributed by atoms with van der Waals surface area (Å²) in [7, 11) is -2.88. The molecule has 2 saturated heterocycles. The average Bonchev–Trinajstić information content (AvgIpc) is 3.16. The smallest absolute Gasteiger partial charge is 0.261 e. The van der Waals surface area contributed by atoms with Crippen LogP contribution in [0, 0.1) is 0 Å². The van der Waals surface area contributed by atoms with E-state index in [4.69, 9.17) is 4.43 Å². The third kappa shape index (κ3) is 3.21. The van der Waals surface area contributed by atoms with E-state index in [9.17, 15) is 9.18 Å². The van der Waals surface area contributed by atoms with E-state index in [1.807, 2.05) is 36.4 Å².